The predicted octanol–water partition coefficient (Wildman–Crippen LogP) is 1.25. The van der Waals surface area contributed by atoms with Gasteiger partial charge in [0.25, 0.3) is 17.1 Å². The molecule has 1 amide bonds. The van der Waals surface area contributed by atoms with E-state index in [1.807, 2.05) is 0 Å². The van der Waals surface area contributed by atoms with Crippen LogP contribution in [0.15, 0.2) is 35.1 Å². The maximum Gasteiger partial charge on any atom is 0.357 e. The number of benzene rings is 1. The molecule has 1 aliphatic heterocycles. The predicted molar refractivity (Wildman–Crippen MR) is 92.8 cm³/mol. The van der Waals surface area contributed by atoms with Gasteiger partial charge in [-0.05, 0) is 12.1 Å². The molecule has 2 N–H and O–H groups in total. The van der Waals surface area contributed by atoms with E-state index in [-0.39, 0.29) is 30.1 Å². The Labute approximate surface area is 153 Å². The highest BCUT2D eigenvalue weighted by Gasteiger charge is 2.50. The minimum atomic E-state index is -1.87. The molecule has 0 aliphatic carbocycles. The van der Waals surface area contributed by atoms with E-state index in [1.54, 1.807) is 37.3 Å². The van der Waals surface area contributed by atoms with E-state index in [9.17, 15) is 19.2 Å². The first-order valence-electron chi connectivity index (χ1n) is 8.24. The highest BCUT2D eigenvalue weighted by molar-refractivity contribution is 6.01. The van der Waals surface area contributed by atoms with Crippen LogP contribution in [0.3, 0.4) is 0 Å². The van der Waals surface area contributed by atoms with Crippen molar-refractivity contribution >= 4 is 23.5 Å². The van der Waals surface area contributed by atoms with E-state index in [2.05, 4.69) is 15.3 Å². The molecule has 0 radical (unpaired) electrons. The maximum atomic E-state index is 12.5. The second-order valence-corrected chi connectivity index (χ2v) is 5.91. The number of aromatic amines is 1. The van der Waals surface area contributed by atoms with Gasteiger partial charge in [-0.2, -0.15) is 0 Å². The standard InChI is InChI=1S/C18H17N3O6/c1-3-18(27-10(2)22)13-12(9-26-17(18)25)15(23)21-14(20-13)16(24)19-11-7-5-4-6-8-11/h4-8H,3,9H2,1-2H3,(H,19,24)(H,20,21,23)/t18-/m0/s1. The fraction of sp³-hybridized carbons (Fsp3) is 0.278. The van der Waals surface area contributed by atoms with Crippen molar-refractivity contribution in [1.82, 2.24) is 9.97 Å². The van der Waals surface area contributed by atoms with Crippen molar-refractivity contribution in [2.45, 2.75) is 32.5 Å². The number of cyclic esters (lactones) is 1. The molecule has 1 aliphatic rings. The minimum absolute atomic E-state index is 0.00535. The molecular weight excluding hydrogens is 354 g/mol. The quantitative estimate of drug-likeness (QED) is 0.774. The first-order valence-corrected chi connectivity index (χ1v) is 8.24. The molecule has 1 aromatic carbocycles. The van der Waals surface area contributed by atoms with Gasteiger partial charge in [0, 0.05) is 19.0 Å². The Hall–Kier alpha value is -3.49. The average molecular weight is 371 g/mol. The molecule has 27 heavy (non-hydrogen) atoms. The van der Waals surface area contributed by atoms with Gasteiger partial charge in [0.15, 0.2) is 5.82 Å². The summed E-state index contributed by atoms with van der Waals surface area (Å²) in [6.07, 6.45) is -0.00535. The summed E-state index contributed by atoms with van der Waals surface area (Å²) in [5.74, 6) is -2.55. The van der Waals surface area contributed by atoms with Crippen LogP contribution in [0.5, 0.6) is 0 Å². The molecule has 1 atom stereocenters. The number of nitrogens with one attached hydrogen (secondary N) is 2. The third-order valence-corrected chi connectivity index (χ3v) is 4.14. The van der Waals surface area contributed by atoms with Crippen molar-refractivity contribution in [1.29, 1.82) is 0 Å². The molecule has 2 heterocycles. The summed E-state index contributed by atoms with van der Waals surface area (Å²) in [7, 11) is 0. The molecular formula is C18H17N3O6. The van der Waals surface area contributed by atoms with Gasteiger partial charge in [-0.25, -0.2) is 9.78 Å². The number of fused-ring (bicyclic) bond motifs is 1. The van der Waals surface area contributed by atoms with Crippen molar-refractivity contribution in [3.05, 3.63) is 57.8 Å². The number of esters is 2. The lowest BCUT2D eigenvalue weighted by Crippen LogP contribution is -2.48. The summed E-state index contributed by atoms with van der Waals surface area (Å²) in [5.41, 5.74) is -2.05. The third-order valence-electron chi connectivity index (χ3n) is 4.14. The molecule has 3 rings (SSSR count). The van der Waals surface area contributed by atoms with Gasteiger partial charge in [0.1, 0.15) is 12.3 Å². The second kappa shape index (κ2) is 7.02. The van der Waals surface area contributed by atoms with E-state index in [4.69, 9.17) is 9.47 Å². The Morgan fingerprint density at radius 2 is 2.00 bits per heavy atom. The molecule has 2 aromatic rings. The second-order valence-electron chi connectivity index (χ2n) is 5.91. The Morgan fingerprint density at radius 1 is 1.30 bits per heavy atom. The van der Waals surface area contributed by atoms with Crippen LogP contribution in [0, 0.1) is 0 Å². The van der Waals surface area contributed by atoms with Crippen LogP contribution in [0.2, 0.25) is 0 Å². The molecule has 0 saturated heterocycles. The van der Waals surface area contributed by atoms with E-state index in [0.29, 0.717) is 5.69 Å². The van der Waals surface area contributed by atoms with Crippen molar-refractivity contribution in [2.24, 2.45) is 0 Å². The van der Waals surface area contributed by atoms with E-state index < -0.39 is 29.0 Å². The molecule has 0 fully saturated rings. The van der Waals surface area contributed by atoms with Gasteiger partial charge in [0.05, 0.1) is 5.56 Å². The van der Waals surface area contributed by atoms with Gasteiger partial charge in [-0.3, -0.25) is 14.4 Å². The van der Waals surface area contributed by atoms with E-state index in [1.165, 1.54) is 0 Å². The van der Waals surface area contributed by atoms with Crippen molar-refractivity contribution in [3.63, 3.8) is 0 Å². The van der Waals surface area contributed by atoms with Gasteiger partial charge in [0.2, 0.25) is 0 Å². The Balaban J connectivity index is 2.08. The number of nitrogens with zero attached hydrogens (tertiary/aromatic N) is 1. The summed E-state index contributed by atoms with van der Waals surface area (Å²) in [4.78, 5) is 55.4. The molecule has 0 saturated carbocycles. The summed E-state index contributed by atoms with van der Waals surface area (Å²) < 4.78 is 10.2. The van der Waals surface area contributed by atoms with Gasteiger partial charge >= 0.3 is 11.9 Å². The Bertz CT molecular complexity index is 969. The first kappa shape index (κ1) is 18.3. The molecule has 9 heteroatoms. The number of aromatic nitrogens is 2. The van der Waals surface area contributed by atoms with Crippen LogP contribution in [-0.2, 0) is 31.3 Å². The van der Waals surface area contributed by atoms with E-state index >= 15 is 0 Å². The summed E-state index contributed by atoms with van der Waals surface area (Å²) in [6.45, 7) is 2.40. The lowest BCUT2D eigenvalue weighted by atomic mass is 9.90. The van der Waals surface area contributed by atoms with Gasteiger partial charge < -0.3 is 19.8 Å². The number of rotatable bonds is 4. The molecule has 1 aromatic heterocycles. The van der Waals surface area contributed by atoms with Crippen LogP contribution < -0.4 is 10.9 Å². The zero-order chi connectivity index (χ0) is 19.6. The van der Waals surface area contributed by atoms with Gasteiger partial charge in [-0.15, -0.1) is 0 Å². The number of hydrogen-bond acceptors (Lipinski definition) is 7. The third kappa shape index (κ3) is 3.31. The lowest BCUT2D eigenvalue weighted by Gasteiger charge is -2.33. The highest BCUT2D eigenvalue weighted by Crippen LogP contribution is 2.35. The fourth-order valence-corrected chi connectivity index (χ4v) is 2.86. The lowest BCUT2D eigenvalue weighted by molar-refractivity contribution is -0.188. The minimum Gasteiger partial charge on any atom is -0.457 e. The summed E-state index contributed by atoms with van der Waals surface area (Å²) in [5, 5.41) is 2.59. The van der Waals surface area contributed by atoms with Gasteiger partial charge in [-0.1, -0.05) is 25.1 Å². The molecule has 140 valence electrons. The fourth-order valence-electron chi connectivity index (χ4n) is 2.86. The van der Waals surface area contributed by atoms with E-state index in [0.717, 1.165) is 6.92 Å². The maximum absolute atomic E-state index is 12.5. The van der Waals surface area contributed by atoms with Crippen LogP contribution in [-0.4, -0.2) is 27.8 Å². The Morgan fingerprint density at radius 3 is 2.63 bits per heavy atom. The molecule has 9 nitrogen and oxygen atoms in total. The van der Waals surface area contributed by atoms with Crippen molar-refractivity contribution in [2.75, 3.05) is 5.32 Å². The SMILES string of the molecule is CC[C@@]1(OC(C)=O)C(=O)OCc2c1nc(C(=O)Nc1ccccc1)[nH]c2=O. The number of hydrogen-bond donors (Lipinski definition) is 2. The number of carbonyl (C=O) groups is 3. The number of amides is 1. The summed E-state index contributed by atoms with van der Waals surface area (Å²) >= 11 is 0. The number of ether oxygens (including phenoxy) is 2. The zero-order valence-corrected chi connectivity index (χ0v) is 14.7. The normalized spacial score (nSPS) is 18.2. The van der Waals surface area contributed by atoms with Crippen molar-refractivity contribution in [3.8, 4) is 0 Å². The Kier molecular flexibility index (Phi) is 4.76. The van der Waals surface area contributed by atoms with Crippen LogP contribution in [0.1, 0.15) is 42.1 Å². The zero-order valence-electron chi connectivity index (χ0n) is 14.7. The van der Waals surface area contributed by atoms with Crippen molar-refractivity contribution < 1.29 is 23.9 Å². The number of carbonyl (C=O) groups excluding carboxylic acids is 3. The molecule has 0 unspecified atom stereocenters. The topological polar surface area (TPSA) is 127 Å². The van der Waals surface area contributed by atoms with Crippen LogP contribution in [0.25, 0.3) is 0 Å². The number of para-hydroxylation sites is 1. The van der Waals surface area contributed by atoms with Crippen LogP contribution >= 0.6 is 0 Å². The number of H-pyrrole nitrogens is 1. The number of anilines is 1. The highest BCUT2D eigenvalue weighted by atomic mass is 16.6. The molecule has 0 bridgehead atoms. The van der Waals surface area contributed by atoms with Crippen LogP contribution in [0.4, 0.5) is 5.69 Å². The smallest absolute Gasteiger partial charge is 0.357 e. The monoisotopic (exact) mass is 371 g/mol. The largest absolute Gasteiger partial charge is 0.457 e. The average Bonchev–Trinajstić information content (AvgIpc) is 2.64. The molecule has 0 spiro atoms. The summed E-state index contributed by atoms with van der Waals surface area (Å²) in [6, 6.07) is 8.59. The first-order chi connectivity index (χ1) is 12.9.